The van der Waals surface area contributed by atoms with Gasteiger partial charge in [0, 0.05) is 31.5 Å². The first-order valence-electron chi connectivity index (χ1n) is 8.23. The lowest BCUT2D eigenvalue weighted by molar-refractivity contribution is 0.0825. The molecule has 0 bridgehead atoms. The van der Waals surface area contributed by atoms with Crippen LogP contribution < -0.4 is 21.1 Å². The monoisotopic (exact) mass is 356 g/mol. The van der Waals surface area contributed by atoms with Crippen molar-refractivity contribution in [2.24, 2.45) is 0 Å². The predicted molar refractivity (Wildman–Crippen MR) is 103 cm³/mol. The summed E-state index contributed by atoms with van der Waals surface area (Å²) in [4.78, 5) is 25.9. The number of benzene rings is 2. The highest BCUT2D eigenvalue weighted by molar-refractivity contribution is 5.99. The van der Waals surface area contributed by atoms with Gasteiger partial charge in [0.15, 0.2) is 0 Å². The summed E-state index contributed by atoms with van der Waals surface area (Å²) in [6, 6.07) is 11.5. The molecular weight excluding hydrogens is 332 g/mol. The number of carbonyl (C=O) groups excluding carboxylic acids is 2. The molecule has 0 saturated carbocycles. The molecule has 2 aromatic carbocycles. The van der Waals surface area contributed by atoms with Crippen molar-refractivity contribution >= 4 is 23.3 Å². The maximum atomic E-state index is 12.5. The Morgan fingerprint density at radius 3 is 2.31 bits per heavy atom. The Kier molecular flexibility index (Phi) is 6.06. The fourth-order valence-electron chi connectivity index (χ4n) is 2.20. The third-order valence-corrected chi connectivity index (χ3v) is 3.40. The average Bonchev–Trinajstić information content (AvgIpc) is 2.56. The summed E-state index contributed by atoms with van der Waals surface area (Å²) in [6.45, 7) is 3.73. The molecule has 0 fully saturated rings. The normalized spacial score (nSPS) is 10.3. The molecule has 0 aliphatic carbocycles. The maximum absolute atomic E-state index is 12.5. The molecule has 0 radical (unpaired) electrons. The van der Waals surface area contributed by atoms with Crippen LogP contribution in [0.4, 0.5) is 16.2 Å². The Balaban J connectivity index is 2.30. The van der Waals surface area contributed by atoms with E-state index in [1.807, 2.05) is 13.8 Å². The van der Waals surface area contributed by atoms with Crippen molar-refractivity contribution in [1.82, 2.24) is 10.2 Å². The van der Waals surface area contributed by atoms with Crippen LogP contribution in [0.25, 0.3) is 0 Å². The van der Waals surface area contributed by atoms with E-state index in [9.17, 15) is 9.59 Å². The highest BCUT2D eigenvalue weighted by Crippen LogP contribution is 2.29. The summed E-state index contributed by atoms with van der Waals surface area (Å²) in [6.07, 6.45) is 0. The molecule has 0 aromatic heterocycles. The molecule has 26 heavy (non-hydrogen) atoms. The molecule has 0 unspecified atom stereocenters. The average molecular weight is 356 g/mol. The Labute approximate surface area is 153 Å². The van der Waals surface area contributed by atoms with E-state index in [1.165, 1.54) is 4.90 Å². The van der Waals surface area contributed by atoms with Crippen LogP contribution in [0.3, 0.4) is 0 Å². The lowest BCUT2D eigenvalue weighted by atomic mass is 10.1. The molecule has 0 spiro atoms. The van der Waals surface area contributed by atoms with E-state index in [0.717, 1.165) is 0 Å². The minimum absolute atomic E-state index is 0.00556. The number of nitrogens with one attached hydrogen (secondary N) is 2. The van der Waals surface area contributed by atoms with Crippen LogP contribution >= 0.6 is 0 Å². The molecular formula is C19H24N4O3. The largest absolute Gasteiger partial charge is 0.457 e. The summed E-state index contributed by atoms with van der Waals surface area (Å²) in [5, 5.41) is 5.45. The third-order valence-electron chi connectivity index (χ3n) is 3.40. The molecule has 2 aromatic rings. The summed E-state index contributed by atoms with van der Waals surface area (Å²) in [7, 11) is 3.31. The SMILES string of the molecule is CC(C)NC(=O)Nc1ccc(Oc2ccc(N)cc2)c(C(=O)N(C)C)c1. The van der Waals surface area contributed by atoms with Gasteiger partial charge in [0.25, 0.3) is 5.91 Å². The quantitative estimate of drug-likeness (QED) is 0.716. The van der Waals surface area contributed by atoms with E-state index in [0.29, 0.717) is 28.4 Å². The fourth-order valence-corrected chi connectivity index (χ4v) is 2.20. The number of nitrogens with two attached hydrogens (primary N) is 1. The topological polar surface area (TPSA) is 96.7 Å². The van der Waals surface area contributed by atoms with Crippen LogP contribution in [0.5, 0.6) is 11.5 Å². The number of hydrogen-bond donors (Lipinski definition) is 3. The molecule has 0 atom stereocenters. The van der Waals surface area contributed by atoms with Crippen LogP contribution in [0, 0.1) is 0 Å². The van der Waals surface area contributed by atoms with E-state index in [1.54, 1.807) is 56.6 Å². The maximum Gasteiger partial charge on any atom is 0.319 e. The zero-order chi connectivity index (χ0) is 19.3. The number of urea groups is 1. The smallest absolute Gasteiger partial charge is 0.319 e. The highest BCUT2D eigenvalue weighted by atomic mass is 16.5. The first-order chi connectivity index (χ1) is 12.3. The first kappa shape index (κ1) is 19.1. The minimum Gasteiger partial charge on any atom is -0.457 e. The van der Waals surface area contributed by atoms with E-state index in [4.69, 9.17) is 10.5 Å². The van der Waals surface area contributed by atoms with E-state index in [-0.39, 0.29) is 18.0 Å². The van der Waals surface area contributed by atoms with Gasteiger partial charge in [0.2, 0.25) is 0 Å². The molecule has 0 aliphatic heterocycles. The van der Waals surface area contributed by atoms with Crippen LogP contribution in [0.2, 0.25) is 0 Å². The fraction of sp³-hybridized carbons (Fsp3) is 0.263. The van der Waals surface area contributed by atoms with Gasteiger partial charge in [0.1, 0.15) is 11.5 Å². The summed E-state index contributed by atoms with van der Waals surface area (Å²) in [5.41, 5.74) is 7.14. The van der Waals surface area contributed by atoms with Gasteiger partial charge in [-0.25, -0.2) is 4.79 Å². The van der Waals surface area contributed by atoms with E-state index in [2.05, 4.69) is 10.6 Å². The van der Waals surface area contributed by atoms with Gasteiger partial charge in [-0.1, -0.05) is 0 Å². The van der Waals surface area contributed by atoms with Crippen molar-refractivity contribution in [3.63, 3.8) is 0 Å². The molecule has 138 valence electrons. The van der Waals surface area contributed by atoms with E-state index >= 15 is 0 Å². The molecule has 0 heterocycles. The molecule has 0 saturated heterocycles. The second kappa shape index (κ2) is 8.24. The first-order valence-corrected chi connectivity index (χ1v) is 8.23. The van der Waals surface area contributed by atoms with Crippen molar-refractivity contribution in [1.29, 1.82) is 0 Å². The van der Waals surface area contributed by atoms with Crippen LogP contribution in [-0.2, 0) is 0 Å². The molecule has 7 nitrogen and oxygen atoms in total. The third kappa shape index (κ3) is 5.14. The Hall–Kier alpha value is -3.22. The zero-order valence-corrected chi connectivity index (χ0v) is 15.4. The molecule has 2 rings (SSSR count). The number of rotatable bonds is 5. The van der Waals surface area contributed by atoms with Gasteiger partial charge in [-0.2, -0.15) is 0 Å². The lowest BCUT2D eigenvalue weighted by Gasteiger charge is -2.17. The molecule has 0 aliphatic rings. The van der Waals surface area contributed by atoms with Crippen LogP contribution in [0.15, 0.2) is 42.5 Å². The second-order valence-electron chi connectivity index (χ2n) is 6.33. The summed E-state index contributed by atoms with van der Waals surface area (Å²) < 4.78 is 5.83. The number of carbonyl (C=O) groups is 2. The zero-order valence-electron chi connectivity index (χ0n) is 15.4. The number of hydrogen-bond acceptors (Lipinski definition) is 4. The standard InChI is InChI=1S/C19H24N4O3/c1-12(2)21-19(25)22-14-7-10-17(16(11-14)18(24)23(3)4)26-15-8-5-13(20)6-9-15/h5-12H,20H2,1-4H3,(H2,21,22,25). The molecule has 7 heteroatoms. The van der Waals surface area contributed by atoms with Crippen molar-refractivity contribution in [3.05, 3.63) is 48.0 Å². The lowest BCUT2D eigenvalue weighted by Crippen LogP contribution is -2.34. The number of nitrogen functional groups attached to an aromatic ring is 1. The minimum atomic E-state index is -0.338. The summed E-state index contributed by atoms with van der Waals surface area (Å²) in [5.74, 6) is 0.719. The van der Waals surface area contributed by atoms with E-state index < -0.39 is 0 Å². The van der Waals surface area contributed by atoms with Crippen LogP contribution in [0.1, 0.15) is 24.2 Å². The van der Waals surface area contributed by atoms with Crippen LogP contribution in [-0.4, -0.2) is 37.0 Å². The van der Waals surface area contributed by atoms with Gasteiger partial charge in [0.05, 0.1) is 5.56 Å². The molecule has 3 amide bonds. The van der Waals surface area contributed by atoms with Gasteiger partial charge >= 0.3 is 6.03 Å². The van der Waals surface area contributed by atoms with Gasteiger partial charge in [-0.05, 0) is 56.3 Å². The Morgan fingerprint density at radius 2 is 1.73 bits per heavy atom. The number of anilines is 2. The van der Waals surface area contributed by atoms with Gasteiger partial charge in [-0.15, -0.1) is 0 Å². The molecule has 4 N–H and O–H groups in total. The highest BCUT2D eigenvalue weighted by Gasteiger charge is 2.17. The van der Waals surface area contributed by atoms with Crippen molar-refractivity contribution in [2.45, 2.75) is 19.9 Å². The second-order valence-corrected chi connectivity index (χ2v) is 6.33. The number of ether oxygens (including phenoxy) is 1. The van der Waals surface area contributed by atoms with Crippen molar-refractivity contribution < 1.29 is 14.3 Å². The predicted octanol–water partition coefficient (Wildman–Crippen LogP) is 3.29. The number of nitrogens with zero attached hydrogens (tertiary/aromatic N) is 1. The Morgan fingerprint density at radius 1 is 1.08 bits per heavy atom. The van der Waals surface area contributed by atoms with Gasteiger partial charge in [-0.3, -0.25) is 4.79 Å². The van der Waals surface area contributed by atoms with Crippen molar-refractivity contribution in [2.75, 3.05) is 25.1 Å². The summed E-state index contributed by atoms with van der Waals surface area (Å²) >= 11 is 0. The Bertz CT molecular complexity index is 786. The number of amides is 3. The van der Waals surface area contributed by atoms with Gasteiger partial charge < -0.3 is 26.0 Å². The van der Waals surface area contributed by atoms with Crippen molar-refractivity contribution in [3.8, 4) is 11.5 Å².